The SMILES string of the molecule is Cc1cc2cc(C3CCC(N)CC3)cc3c2n1CCC3. The van der Waals surface area contributed by atoms with Crippen molar-refractivity contribution in [2.24, 2.45) is 5.73 Å². The lowest BCUT2D eigenvalue weighted by molar-refractivity contribution is 0.395. The van der Waals surface area contributed by atoms with Crippen LogP contribution >= 0.6 is 0 Å². The standard InChI is InChI=1S/C18H24N2/c1-12-9-16-11-15(13-4-6-17(19)7-5-13)10-14-3-2-8-20(12)18(14)16/h9-11,13,17H,2-8,19H2,1H3. The minimum atomic E-state index is 0.441. The van der Waals surface area contributed by atoms with Crippen molar-refractivity contribution in [3.8, 4) is 0 Å². The van der Waals surface area contributed by atoms with Gasteiger partial charge in [0.05, 0.1) is 5.52 Å². The van der Waals surface area contributed by atoms with Crippen LogP contribution in [-0.4, -0.2) is 10.6 Å². The summed E-state index contributed by atoms with van der Waals surface area (Å²) in [4.78, 5) is 0. The Balaban J connectivity index is 1.78. The fraction of sp³-hybridized carbons (Fsp3) is 0.556. The molecule has 1 aliphatic heterocycles. The predicted molar refractivity (Wildman–Crippen MR) is 84.2 cm³/mol. The monoisotopic (exact) mass is 268 g/mol. The van der Waals surface area contributed by atoms with Crippen LogP contribution in [0.15, 0.2) is 18.2 Å². The van der Waals surface area contributed by atoms with Crippen molar-refractivity contribution in [1.29, 1.82) is 0 Å². The number of hydrogen-bond acceptors (Lipinski definition) is 1. The smallest absolute Gasteiger partial charge is 0.0515 e. The molecule has 20 heavy (non-hydrogen) atoms. The van der Waals surface area contributed by atoms with E-state index in [-0.39, 0.29) is 0 Å². The third kappa shape index (κ3) is 1.89. The summed E-state index contributed by atoms with van der Waals surface area (Å²) in [5, 5.41) is 1.46. The van der Waals surface area contributed by atoms with Crippen molar-refractivity contribution in [2.45, 2.75) is 64.0 Å². The molecule has 0 spiro atoms. The average molecular weight is 268 g/mol. The van der Waals surface area contributed by atoms with E-state index in [0.29, 0.717) is 6.04 Å². The summed E-state index contributed by atoms with van der Waals surface area (Å²) in [6.07, 6.45) is 7.46. The van der Waals surface area contributed by atoms with Crippen molar-refractivity contribution in [2.75, 3.05) is 0 Å². The molecular formula is C18H24N2. The number of benzene rings is 1. The summed E-state index contributed by atoms with van der Waals surface area (Å²) >= 11 is 0. The van der Waals surface area contributed by atoms with Crippen LogP contribution in [0.1, 0.15) is 54.8 Å². The Kier molecular flexibility index (Phi) is 2.88. The lowest BCUT2D eigenvalue weighted by Gasteiger charge is -2.27. The van der Waals surface area contributed by atoms with E-state index >= 15 is 0 Å². The van der Waals surface area contributed by atoms with Crippen LogP contribution in [0.5, 0.6) is 0 Å². The second-order valence-corrected chi connectivity index (χ2v) is 6.77. The quantitative estimate of drug-likeness (QED) is 0.836. The molecule has 0 bridgehead atoms. The first-order valence-electron chi connectivity index (χ1n) is 8.10. The predicted octanol–water partition coefficient (Wildman–Crippen LogP) is 3.88. The summed E-state index contributed by atoms with van der Waals surface area (Å²) in [5.41, 5.74) is 12.1. The molecule has 1 aromatic heterocycles. The van der Waals surface area contributed by atoms with Gasteiger partial charge in [-0.25, -0.2) is 0 Å². The van der Waals surface area contributed by atoms with Crippen molar-refractivity contribution >= 4 is 10.9 Å². The highest BCUT2D eigenvalue weighted by atomic mass is 15.0. The minimum Gasteiger partial charge on any atom is -0.345 e. The first-order chi connectivity index (χ1) is 9.72. The van der Waals surface area contributed by atoms with Gasteiger partial charge in [-0.05, 0) is 74.6 Å². The van der Waals surface area contributed by atoms with Gasteiger partial charge in [0, 0.05) is 23.7 Å². The van der Waals surface area contributed by atoms with Gasteiger partial charge in [-0.15, -0.1) is 0 Å². The van der Waals surface area contributed by atoms with Gasteiger partial charge in [0.1, 0.15) is 0 Å². The maximum absolute atomic E-state index is 6.05. The molecule has 2 heteroatoms. The minimum absolute atomic E-state index is 0.441. The molecule has 1 aromatic carbocycles. The zero-order valence-corrected chi connectivity index (χ0v) is 12.4. The van der Waals surface area contributed by atoms with Gasteiger partial charge in [0.25, 0.3) is 0 Å². The van der Waals surface area contributed by atoms with Crippen LogP contribution in [0.3, 0.4) is 0 Å². The van der Waals surface area contributed by atoms with Crippen LogP contribution in [-0.2, 0) is 13.0 Å². The maximum Gasteiger partial charge on any atom is 0.0515 e. The lowest BCUT2D eigenvalue weighted by Crippen LogP contribution is -2.25. The van der Waals surface area contributed by atoms with Crippen LogP contribution < -0.4 is 5.73 Å². The molecule has 0 radical (unpaired) electrons. The summed E-state index contributed by atoms with van der Waals surface area (Å²) in [6, 6.07) is 7.77. The van der Waals surface area contributed by atoms with Crippen molar-refractivity contribution in [1.82, 2.24) is 4.57 Å². The van der Waals surface area contributed by atoms with E-state index in [1.54, 1.807) is 11.1 Å². The largest absolute Gasteiger partial charge is 0.345 e. The fourth-order valence-electron chi connectivity index (χ4n) is 4.26. The van der Waals surface area contributed by atoms with Crippen LogP contribution in [0.2, 0.25) is 0 Å². The van der Waals surface area contributed by atoms with Crippen molar-refractivity contribution < 1.29 is 0 Å². The van der Waals surface area contributed by atoms with Crippen molar-refractivity contribution in [3.05, 3.63) is 35.0 Å². The molecule has 0 saturated heterocycles. The van der Waals surface area contributed by atoms with Crippen LogP contribution in [0, 0.1) is 6.92 Å². The third-order valence-corrected chi connectivity index (χ3v) is 5.37. The zero-order valence-electron chi connectivity index (χ0n) is 12.4. The molecule has 0 amide bonds. The Morgan fingerprint density at radius 1 is 1.10 bits per heavy atom. The molecule has 0 atom stereocenters. The van der Waals surface area contributed by atoms with Crippen LogP contribution in [0.4, 0.5) is 0 Å². The Labute approximate surface area is 121 Å². The summed E-state index contributed by atoms with van der Waals surface area (Å²) in [6.45, 7) is 3.44. The van der Waals surface area contributed by atoms with E-state index in [1.165, 1.54) is 61.7 Å². The first-order valence-corrected chi connectivity index (χ1v) is 8.10. The molecule has 2 aromatic rings. The van der Waals surface area contributed by atoms with Gasteiger partial charge in [-0.2, -0.15) is 0 Å². The van der Waals surface area contributed by atoms with Gasteiger partial charge in [-0.1, -0.05) is 6.07 Å². The fourth-order valence-corrected chi connectivity index (χ4v) is 4.26. The number of aromatic nitrogens is 1. The molecule has 2 aliphatic rings. The lowest BCUT2D eigenvalue weighted by atomic mass is 9.81. The van der Waals surface area contributed by atoms with Crippen LogP contribution in [0.25, 0.3) is 10.9 Å². The molecule has 4 rings (SSSR count). The second-order valence-electron chi connectivity index (χ2n) is 6.77. The summed E-state index contributed by atoms with van der Waals surface area (Å²) < 4.78 is 2.51. The number of nitrogens with two attached hydrogens (primary N) is 1. The highest BCUT2D eigenvalue weighted by Gasteiger charge is 2.22. The van der Waals surface area contributed by atoms with Gasteiger partial charge in [-0.3, -0.25) is 0 Å². The van der Waals surface area contributed by atoms with Gasteiger partial charge in [0.15, 0.2) is 0 Å². The normalized spacial score (nSPS) is 26.1. The molecule has 106 valence electrons. The van der Waals surface area contributed by atoms with Gasteiger partial charge in [0.2, 0.25) is 0 Å². The van der Waals surface area contributed by atoms with Crippen molar-refractivity contribution in [3.63, 3.8) is 0 Å². The Bertz CT molecular complexity index is 645. The summed E-state index contributed by atoms with van der Waals surface area (Å²) in [7, 11) is 0. The molecule has 1 fully saturated rings. The molecular weight excluding hydrogens is 244 g/mol. The highest BCUT2D eigenvalue weighted by Crippen LogP contribution is 2.37. The number of rotatable bonds is 1. The van der Waals surface area contributed by atoms with E-state index in [9.17, 15) is 0 Å². The molecule has 2 heterocycles. The Morgan fingerprint density at radius 3 is 2.70 bits per heavy atom. The molecule has 1 saturated carbocycles. The maximum atomic E-state index is 6.05. The van der Waals surface area contributed by atoms with E-state index in [0.717, 1.165) is 5.92 Å². The van der Waals surface area contributed by atoms with E-state index in [4.69, 9.17) is 5.73 Å². The molecule has 0 unspecified atom stereocenters. The Hall–Kier alpha value is -1.28. The number of aryl methyl sites for hydroxylation is 3. The van der Waals surface area contributed by atoms with E-state index < -0.39 is 0 Å². The van der Waals surface area contributed by atoms with E-state index in [2.05, 4.69) is 29.7 Å². The number of hydrogen-bond donors (Lipinski definition) is 1. The molecule has 2 nitrogen and oxygen atoms in total. The molecule has 2 N–H and O–H groups in total. The summed E-state index contributed by atoms with van der Waals surface area (Å²) in [5.74, 6) is 0.737. The topological polar surface area (TPSA) is 30.9 Å². The first kappa shape index (κ1) is 12.5. The zero-order chi connectivity index (χ0) is 13.7. The van der Waals surface area contributed by atoms with E-state index in [1.807, 2.05) is 0 Å². The third-order valence-electron chi connectivity index (χ3n) is 5.37. The Morgan fingerprint density at radius 2 is 1.90 bits per heavy atom. The van der Waals surface area contributed by atoms with Gasteiger partial charge >= 0.3 is 0 Å². The highest BCUT2D eigenvalue weighted by molar-refractivity contribution is 5.86. The molecule has 1 aliphatic carbocycles. The average Bonchev–Trinajstić information content (AvgIpc) is 2.78. The second kappa shape index (κ2) is 4.63. The number of nitrogens with zero attached hydrogens (tertiary/aromatic N) is 1. The van der Waals surface area contributed by atoms with Gasteiger partial charge < -0.3 is 10.3 Å².